The van der Waals surface area contributed by atoms with Gasteiger partial charge in [0.1, 0.15) is 5.01 Å². The minimum Gasteiger partial charge on any atom is -0.250 e. The minimum atomic E-state index is 0.433. The molecule has 0 aromatic carbocycles. The summed E-state index contributed by atoms with van der Waals surface area (Å²) >= 11 is 1.70. The summed E-state index contributed by atoms with van der Waals surface area (Å²) in [4.78, 5) is 9.71. The number of aromatic nitrogens is 2. The molecule has 0 saturated heterocycles. The van der Waals surface area contributed by atoms with Gasteiger partial charge in [-0.15, -0.1) is 11.3 Å². The second-order valence-corrected chi connectivity index (χ2v) is 8.81. The monoisotopic (exact) mass is 312 g/mol. The highest BCUT2D eigenvalue weighted by molar-refractivity contribution is 7.13. The lowest BCUT2D eigenvalue weighted by molar-refractivity contribution is -0.0198. The number of rotatable bonds is 2. The molecule has 2 bridgehead atoms. The first-order chi connectivity index (χ1) is 10.4. The van der Waals surface area contributed by atoms with E-state index in [1.807, 2.05) is 6.92 Å². The molecule has 2 nitrogen and oxygen atoms in total. The molecule has 5 rings (SSSR count). The average Bonchev–Trinajstić information content (AvgIpc) is 2.91. The van der Waals surface area contributed by atoms with Gasteiger partial charge in [-0.2, -0.15) is 0 Å². The Labute approximate surface area is 137 Å². The van der Waals surface area contributed by atoms with Crippen LogP contribution >= 0.6 is 11.3 Å². The Morgan fingerprint density at radius 2 is 2.00 bits per heavy atom. The number of pyridine rings is 1. The smallest absolute Gasteiger partial charge is 0.142 e. The molecule has 1 saturated carbocycles. The summed E-state index contributed by atoms with van der Waals surface area (Å²) in [5, 5.41) is 3.16. The van der Waals surface area contributed by atoms with E-state index in [1.54, 1.807) is 11.3 Å². The van der Waals surface area contributed by atoms with Gasteiger partial charge in [0, 0.05) is 22.7 Å². The van der Waals surface area contributed by atoms with E-state index in [1.165, 1.54) is 17.7 Å². The van der Waals surface area contributed by atoms with Crippen LogP contribution in [0.2, 0.25) is 0 Å². The molecule has 0 N–H and O–H groups in total. The van der Waals surface area contributed by atoms with Crippen molar-refractivity contribution in [3.05, 3.63) is 34.5 Å². The Balaban J connectivity index is 1.84. The fourth-order valence-electron chi connectivity index (χ4n) is 4.71. The van der Waals surface area contributed by atoms with Gasteiger partial charge in [0.2, 0.25) is 0 Å². The zero-order chi connectivity index (χ0) is 15.6. The summed E-state index contributed by atoms with van der Waals surface area (Å²) in [5.74, 6) is 2.72. The minimum absolute atomic E-state index is 0.433. The van der Waals surface area contributed by atoms with Crippen LogP contribution in [0, 0.1) is 24.2 Å². The van der Waals surface area contributed by atoms with E-state index in [-0.39, 0.29) is 0 Å². The number of hydrogen-bond donors (Lipinski definition) is 0. The van der Waals surface area contributed by atoms with Crippen molar-refractivity contribution in [3.63, 3.8) is 0 Å². The quantitative estimate of drug-likeness (QED) is 0.742. The van der Waals surface area contributed by atoms with Crippen molar-refractivity contribution in [2.75, 3.05) is 0 Å². The van der Waals surface area contributed by atoms with Crippen molar-refractivity contribution in [2.45, 2.75) is 52.9 Å². The molecule has 2 aromatic heterocycles. The molecule has 0 radical (unpaired) electrons. The van der Waals surface area contributed by atoms with Gasteiger partial charge in [-0.05, 0) is 48.1 Å². The number of aryl methyl sites for hydroxylation is 1. The summed E-state index contributed by atoms with van der Waals surface area (Å²) in [6.45, 7) is 11.6. The van der Waals surface area contributed by atoms with Crippen molar-refractivity contribution in [1.82, 2.24) is 9.97 Å². The Bertz CT molecular complexity index is 729. The fourth-order valence-corrected chi connectivity index (χ4v) is 5.47. The van der Waals surface area contributed by atoms with E-state index >= 15 is 0 Å². The van der Waals surface area contributed by atoms with Gasteiger partial charge in [0.05, 0.1) is 5.69 Å². The molecule has 22 heavy (non-hydrogen) atoms. The van der Waals surface area contributed by atoms with Gasteiger partial charge in [-0.1, -0.05) is 33.8 Å². The van der Waals surface area contributed by atoms with Crippen molar-refractivity contribution >= 4 is 11.3 Å². The third-order valence-electron chi connectivity index (χ3n) is 5.98. The van der Waals surface area contributed by atoms with E-state index in [2.05, 4.69) is 50.2 Å². The summed E-state index contributed by atoms with van der Waals surface area (Å²) in [6, 6.07) is 4.52. The van der Waals surface area contributed by atoms with Gasteiger partial charge in [-0.3, -0.25) is 0 Å². The van der Waals surface area contributed by atoms with Gasteiger partial charge < -0.3 is 0 Å². The lowest BCUT2D eigenvalue weighted by Gasteiger charge is -2.61. The predicted molar refractivity (Wildman–Crippen MR) is 92.3 cm³/mol. The van der Waals surface area contributed by atoms with Crippen LogP contribution in [0.4, 0.5) is 0 Å². The summed E-state index contributed by atoms with van der Waals surface area (Å²) in [5.41, 5.74) is 5.44. The van der Waals surface area contributed by atoms with E-state index in [9.17, 15) is 0 Å². The maximum Gasteiger partial charge on any atom is 0.142 e. The lowest BCUT2D eigenvalue weighted by atomic mass is 9.43. The van der Waals surface area contributed by atoms with Gasteiger partial charge in [0.15, 0.2) is 0 Å². The highest BCUT2D eigenvalue weighted by Gasteiger charge is 2.57. The van der Waals surface area contributed by atoms with Gasteiger partial charge in [0.25, 0.3) is 0 Å². The standard InChI is InChI=1S/C19H24N2S/c1-10(2)16-14-8-13(19(14,4)5)12-6-7-15(21-17(12)16)18-20-11(3)9-22-18/h6-7,9-10,13-14,16H,8H2,1-5H3/t13-,14+,16-/m0/s1. The predicted octanol–water partition coefficient (Wildman–Crippen LogP) is 5.40. The second-order valence-electron chi connectivity index (χ2n) is 7.95. The maximum atomic E-state index is 5.09. The van der Waals surface area contributed by atoms with Gasteiger partial charge >= 0.3 is 0 Å². The molecular formula is C19H24N2S. The molecule has 0 aliphatic heterocycles. The van der Waals surface area contributed by atoms with Crippen molar-refractivity contribution in [1.29, 1.82) is 0 Å². The molecule has 3 aliphatic rings. The Hall–Kier alpha value is -1.22. The Morgan fingerprint density at radius 1 is 1.23 bits per heavy atom. The highest BCUT2D eigenvalue weighted by atomic mass is 32.1. The number of hydrogen-bond acceptors (Lipinski definition) is 3. The largest absolute Gasteiger partial charge is 0.250 e. The summed E-state index contributed by atoms with van der Waals surface area (Å²) in [7, 11) is 0. The molecule has 3 aliphatic carbocycles. The molecule has 3 atom stereocenters. The van der Waals surface area contributed by atoms with Crippen molar-refractivity contribution in [3.8, 4) is 10.7 Å². The van der Waals surface area contributed by atoms with Crippen molar-refractivity contribution < 1.29 is 0 Å². The van der Waals surface area contributed by atoms with Crippen LogP contribution in [0.15, 0.2) is 17.5 Å². The topological polar surface area (TPSA) is 25.8 Å². The molecule has 0 unspecified atom stereocenters. The lowest BCUT2D eigenvalue weighted by Crippen LogP contribution is -2.51. The molecule has 1 fully saturated rings. The van der Waals surface area contributed by atoms with Gasteiger partial charge in [-0.25, -0.2) is 9.97 Å². The van der Waals surface area contributed by atoms with Crippen LogP contribution in [0.25, 0.3) is 10.7 Å². The third kappa shape index (κ3) is 1.84. The van der Waals surface area contributed by atoms with E-state index in [0.717, 1.165) is 22.3 Å². The SMILES string of the molecule is Cc1csc(-c2ccc3c(n2)[C@@H](C(C)C)[C@H]2C[C@@H]3C2(C)C)n1. The summed E-state index contributed by atoms with van der Waals surface area (Å²) < 4.78 is 0. The molecule has 2 heterocycles. The molecule has 3 heteroatoms. The Kier molecular flexibility index (Phi) is 3.03. The van der Waals surface area contributed by atoms with Crippen LogP contribution < -0.4 is 0 Å². The van der Waals surface area contributed by atoms with Crippen LogP contribution in [-0.4, -0.2) is 9.97 Å². The molecule has 2 aromatic rings. The molecule has 0 amide bonds. The summed E-state index contributed by atoms with van der Waals surface area (Å²) in [6.07, 6.45) is 1.35. The van der Waals surface area contributed by atoms with E-state index in [4.69, 9.17) is 4.98 Å². The van der Waals surface area contributed by atoms with Crippen LogP contribution in [0.5, 0.6) is 0 Å². The molecule has 0 spiro atoms. The van der Waals surface area contributed by atoms with Crippen LogP contribution in [-0.2, 0) is 0 Å². The highest BCUT2D eigenvalue weighted by Crippen LogP contribution is 2.67. The fraction of sp³-hybridized carbons (Fsp3) is 0.579. The normalized spacial score (nSPS) is 28.4. The Morgan fingerprint density at radius 3 is 2.59 bits per heavy atom. The molecule has 116 valence electrons. The zero-order valence-corrected chi connectivity index (χ0v) is 14.9. The number of nitrogens with zero attached hydrogens (tertiary/aromatic N) is 2. The van der Waals surface area contributed by atoms with Crippen molar-refractivity contribution in [2.24, 2.45) is 17.3 Å². The van der Waals surface area contributed by atoms with Crippen LogP contribution in [0.1, 0.15) is 62.9 Å². The average molecular weight is 312 g/mol. The van der Waals surface area contributed by atoms with Crippen LogP contribution in [0.3, 0.4) is 0 Å². The third-order valence-corrected chi connectivity index (χ3v) is 6.96. The maximum absolute atomic E-state index is 5.09. The first kappa shape index (κ1) is 14.4. The number of thiazole rings is 1. The van der Waals surface area contributed by atoms with E-state index in [0.29, 0.717) is 23.2 Å². The molecular weight excluding hydrogens is 288 g/mol. The first-order valence-electron chi connectivity index (χ1n) is 8.33. The second kappa shape index (κ2) is 4.64. The zero-order valence-electron chi connectivity index (χ0n) is 14.1. The first-order valence-corrected chi connectivity index (χ1v) is 9.21. The van der Waals surface area contributed by atoms with E-state index < -0.39 is 0 Å².